The number of aromatic nitrogens is 2. The minimum absolute atomic E-state index is 0.0433. The summed E-state index contributed by atoms with van der Waals surface area (Å²) >= 11 is 6.12. The van der Waals surface area contributed by atoms with E-state index in [4.69, 9.17) is 31.5 Å². The van der Waals surface area contributed by atoms with Gasteiger partial charge in [0.05, 0.1) is 13.7 Å². The summed E-state index contributed by atoms with van der Waals surface area (Å²) in [5.74, 6) is 0.279. The number of nitrogens with zero attached hydrogens (tertiary/aromatic N) is 2. The van der Waals surface area contributed by atoms with Crippen LogP contribution in [0.4, 0.5) is 0 Å². The van der Waals surface area contributed by atoms with Crippen LogP contribution in [0.3, 0.4) is 0 Å². The first-order valence-electron chi connectivity index (χ1n) is 12.1. The van der Waals surface area contributed by atoms with Crippen molar-refractivity contribution < 1.29 is 27.4 Å². The van der Waals surface area contributed by atoms with Crippen LogP contribution in [0.25, 0.3) is 22.0 Å². The summed E-state index contributed by atoms with van der Waals surface area (Å²) < 4.78 is 45.7. The molecule has 1 fully saturated rings. The molecule has 39 heavy (non-hydrogen) atoms. The highest BCUT2D eigenvalue weighted by Gasteiger charge is 2.36. The number of aromatic amines is 1. The predicted molar refractivity (Wildman–Crippen MR) is 147 cm³/mol. The van der Waals surface area contributed by atoms with E-state index >= 15 is 0 Å². The number of ether oxygens (including phenoxy) is 3. The van der Waals surface area contributed by atoms with Crippen LogP contribution < -0.4 is 15.2 Å². The first-order valence-corrected chi connectivity index (χ1v) is 14.0. The van der Waals surface area contributed by atoms with Crippen molar-refractivity contribution in [2.75, 3.05) is 33.4 Å². The summed E-state index contributed by atoms with van der Waals surface area (Å²) in [5.41, 5.74) is 8.75. The average Bonchev–Trinajstić information content (AvgIpc) is 3.32. The third-order valence-corrected chi connectivity index (χ3v) is 8.73. The fourth-order valence-electron chi connectivity index (χ4n) is 4.65. The van der Waals surface area contributed by atoms with Crippen LogP contribution >= 0.6 is 11.6 Å². The Hall–Kier alpha value is -3.64. The zero-order chi connectivity index (χ0) is 27.7. The van der Waals surface area contributed by atoms with Crippen LogP contribution in [-0.2, 0) is 14.8 Å². The Kier molecular flexibility index (Phi) is 7.50. The summed E-state index contributed by atoms with van der Waals surface area (Å²) in [6.07, 6.45) is 1.17. The number of amides is 1. The molecule has 2 aromatic carbocycles. The summed E-state index contributed by atoms with van der Waals surface area (Å²) in [6, 6.07) is 14.2. The lowest BCUT2D eigenvalue weighted by Gasteiger charge is -2.32. The number of aryl methyl sites for hydroxylation is 1. The fourth-order valence-corrected chi connectivity index (χ4v) is 6.61. The molecule has 204 valence electrons. The van der Waals surface area contributed by atoms with Crippen LogP contribution in [0.1, 0.15) is 16.1 Å². The Bertz CT molecular complexity index is 1660. The normalized spacial score (nSPS) is 16.3. The van der Waals surface area contributed by atoms with Crippen molar-refractivity contribution in [1.29, 1.82) is 0 Å². The van der Waals surface area contributed by atoms with E-state index in [9.17, 15) is 13.2 Å². The van der Waals surface area contributed by atoms with Crippen LogP contribution in [0.5, 0.6) is 11.6 Å². The molecule has 0 unspecified atom stereocenters. The lowest BCUT2D eigenvalue weighted by molar-refractivity contribution is -0.0249. The quantitative estimate of drug-likeness (QED) is 0.329. The van der Waals surface area contributed by atoms with Crippen LogP contribution in [-0.4, -0.2) is 68.1 Å². The monoisotopic (exact) mass is 570 g/mol. The SMILES string of the molecule is COc1cc(-c2ccc(OC[C@@H]3CN(S(=O)(=O)c4c(C(N)=O)[nH]c5ccc(Cl)cc45)CCO3)cc2C)ccn1. The smallest absolute Gasteiger partial charge is 0.266 e. The van der Waals surface area contributed by atoms with Crippen molar-refractivity contribution in [3.05, 3.63) is 71.0 Å². The van der Waals surface area contributed by atoms with Crippen molar-refractivity contribution >= 4 is 38.4 Å². The number of hydrogen-bond acceptors (Lipinski definition) is 7. The number of benzene rings is 2. The van der Waals surface area contributed by atoms with Gasteiger partial charge < -0.3 is 24.9 Å². The topological polar surface area (TPSA) is 137 Å². The second-order valence-corrected chi connectivity index (χ2v) is 11.4. The highest BCUT2D eigenvalue weighted by Crippen LogP contribution is 2.33. The van der Waals surface area contributed by atoms with Gasteiger partial charge in [-0.3, -0.25) is 4.79 Å². The molecular weight excluding hydrogens is 544 g/mol. The van der Waals surface area contributed by atoms with Gasteiger partial charge in [0, 0.05) is 41.3 Å². The Labute approximate surface area is 230 Å². The number of sulfonamides is 1. The molecule has 0 spiro atoms. The third-order valence-electron chi connectivity index (χ3n) is 6.55. The number of nitrogens with one attached hydrogen (secondary N) is 1. The molecule has 3 N–H and O–H groups in total. The van der Waals surface area contributed by atoms with Gasteiger partial charge in [0.2, 0.25) is 15.9 Å². The number of nitrogens with two attached hydrogens (primary N) is 1. The van der Waals surface area contributed by atoms with Crippen LogP contribution in [0.2, 0.25) is 5.02 Å². The number of carbonyl (C=O) groups is 1. The van der Waals surface area contributed by atoms with Crippen molar-refractivity contribution in [2.24, 2.45) is 5.73 Å². The molecule has 1 amide bonds. The number of morpholine rings is 1. The zero-order valence-corrected chi connectivity index (χ0v) is 22.9. The number of pyridine rings is 1. The molecule has 1 aliphatic rings. The van der Waals surface area contributed by atoms with Crippen molar-refractivity contribution in [2.45, 2.75) is 17.9 Å². The molecule has 0 radical (unpaired) electrons. The van der Waals surface area contributed by atoms with Gasteiger partial charge in [0.15, 0.2) is 0 Å². The lowest BCUT2D eigenvalue weighted by Crippen LogP contribution is -2.47. The molecule has 0 bridgehead atoms. The third kappa shape index (κ3) is 5.44. The van der Waals surface area contributed by atoms with Gasteiger partial charge in [-0.25, -0.2) is 13.4 Å². The predicted octanol–water partition coefficient (Wildman–Crippen LogP) is 3.77. The summed E-state index contributed by atoms with van der Waals surface area (Å²) in [6.45, 7) is 2.44. The number of methoxy groups -OCH3 is 1. The highest BCUT2D eigenvalue weighted by molar-refractivity contribution is 7.89. The summed E-state index contributed by atoms with van der Waals surface area (Å²) in [7, 11) is -2.54. The van der Waals surface area contributed by atoms with E-state index in [0.29, 0.717) is 27.6 Å². The number of rotatable bonds is 8. The number of carbonyl (C=O) groups excluding carboxylic acids is 1. The minimum Gasteiger partial charge on any atom is -0.491 e. The molecular formula is C27H27ClN4O6S. The van der Waals surface area contributed by atoms with E-state index in [1.54, 1.807) is 25.4 Å². The molecule has 1 saturated heterocycles. The molecule has 12 heteroatoms. The van der Waals surface area contributed by atoms with Gasteiger partial charge >= 0.3 is 0 Å². The largest absolute Gasteiger partial charge is 0.491 e. The number of primary amides is 1. The van der Waals surface area contributed by atoms with Gasteiger partial charge in [-0.1, -0.05) is 17.7 Å². The Morgan fingerprint density at radius 3 is 2.79 bits per heavy atom. The summed E-state index contributed by atoms with van der Waals surface area (Å²) in [4.78, 5) is 18.9. The lowest BCUT2D eigenvalue weighted by atomic mass is 10.0. The maximum atomic E-state index is 13.7. The molecule has 1 aliphatic heterocycles. The molecule has 2 aromatic heterocycles. The first-order chi connectivity index (χ1) is 18.7. The van der Waals surface area contributed by atoms with Crippen molar-refractivity contribution in [1.82, 2.24) is 14.3 Å². The molecule has 0 aliphatic carbocycles. The molecule has 4 aromatic rings. The number of hydrogen-bond donors (Lipinski definition) is 2. The van der Waals surface area contributed by atoms with E-state index in [1.807, 2.05) is 37.3 Å². The van der Waals surface area contributed by atoms with E-state index in [0.717, 1.165) is 16.7 Å². The Morgan fingerprint density at radius 1 is 1.23 bits per heavy atom. The number of fused-ring (bicyclic) bond motifs is 1. The van der Waals surface area contributed by atoms with Gasteiger partial charge in [-0.2, -0.15) is 4.31 Å². The van der Waals surface area contributed by atoms with Gasteiger partial charge in [0.1, 0.15) is 29.0 Å². The van der Waals surface area contributed by atoms with Crippen LogP contribution in [0, 0.1) is 6.92 Å². The van der Waals surface area contributed by atoms with Gasteiger partial charge in [0.25, 0.3) is 5.91 Å². The Balaban J connectivity index is 1.32. The van der Waals surface area contributed by atoms with Gasteiger partial charge in [-0.15, -0.1) is 0 Å². The molecule has 10 nitrogen and oxygen atoms in total. The maximum absolute atomic E-state index is 13.7. The second-order valence-electron chi connectivity index (χ2n) is 9.11. The van der Waals surface area contributed by atoms with Gasteiger partial charge in [-0.05, 0) is 60.0 Å². The second kappa shape index (κ2) is 10.9. The van der Waals surface area contributed by atoms with E-state index in [2.05, 4.69) is 9.97 Å². The van der Waals surface area contributed by atoms with Crippen LogP contribution in [0.15, 0.2) is 59.6 Å². The Morgan fingerprint density at radius 2 is 2.05 bits per heavy atom. The standard InChI is InChI=1S/C27H27ClN4O6S/c1-16-11-19(4-5-21(16)17-7-8-30-24(12-17)36-2)38-15-20-14-32(9-10-37-20)39(34,35)26-22-13-18(28)3-6-23(22)31-25(26)27(29)33/h3-8,11-13,20,31H,9-10,14-15H2,1-2H3,(H2,29,33)/t20-/m0/s1. The molecule has 0 saturated carbocycles. The minimum atomic E-state index is -4.11. The molecule has 5 rings (SSSR count). The molecule has 1 atom stereocenters. The first kappa shape index (κ1) is 26.9. The highest BCUT2D eigenvalue weighted by atomic mass is 35.5. The number of H-pyrrole nitrogens is 1. The fraction of sp³-hybridized carbons (Fsp3) is 0.259. The maximum Gasteiger partial charge on any atom is 0.266 e. The zero-order valence-electron chi connectivity index (χ0n) is 21.3. The van der Waals surface area contributed by atoms with Crippen molar-refractivity contribution in [3.8, 4) is 22.8 Å². The van der Waals surface area contributed by atoms with Crippen molar-refractivity contribution in [3.63, 3.8) is 0 Å². The van der Waals surface area contributed by atoms with E-state index in [1.165, 1.54) is 10.4 Å². The molecule has 3 heterocycles. The van der Waals surface area contributed by atoms with E-state index in [-0.39, 0.29) is 36.9 Å². The summed E-state index contributed by atoms with van der Waals surface area (Å²) in [5, 5.41) is 0.643. The van der Waals surface area contributed by atoms with E-state index < -0.39 is 22.0 Å². The number of halogens is 1. The average molecular weight is 571 g/mol.